The van der Waals surface area contributed by atoms with E-state index in [1.54, 1.807) is 6.07 Å². The molecule has 0 spiro atoms. The van der Waals surface area contributed by atoms with Crippen molar-refractivity contribution in [3.63, 3.8) is 0 Å². The van der Waals surface area contributed by atoms with E-state index in [-0.39, 0.29) is 17.6 Å². The Kier molecular flexibility index (Phi) is 4.35. The van der Waals surface area contributed by atoms with E-state index in [4.69, 9.17) is 16.3 Å². The third-order valence-corrected chi connectivity index (χ3v) is 6.34. The van der Waals surface area contributed by atoms with Gasteiger partial charge in [0.25, 0.3) is 5.91 Å². The largest absolute Gasteiger partial charge is 0.483 e. The van der Waals surface area contributed by atoms with Gasteiger partial charge < -0.3 is 19.9 Å². The van der Waals surface area contributed by atoms with Crippen LogP contribution in [-0.2, 0) is 0 Å². The van der Waals surface area contributed by atoms with Crippen molar-refractivity contribution in [1.82, 2.24) is 10.2 Å². The van der Waals surface area contributed by atoms with Crippen LogP contribution in [0.1, 0.15) is 49.9 Å². The second-order valence-corrected chi connectivity index (χ2v) is 9.15. The average molecular weight is 378 g/mol. The van der Waals surface area contributed by atoms with Gasteiger partial charge in [-0.15, -0.1) is 0 Å². The molecule has 3 atom stereocenters. The molecule has 0 aliphatic carbocycles. The predicted octanol–water partition coefficient (Wildman–Crippen LogP) is 3.30. The summed E-state index contributed by atoms with van der Waals surface area (Å²) in [7, 11) is 4.22. The number of halogens is 1. The fraction of sp³-hybridized carbons (Fsp3) is 0.650. The van der Waals surface area contributed by atoms with Crippen LogP contribution in [-0.4, -0.2) is 55.2 Å². The third kappa shape index (κ3) is 3.16. The summed E-state index contributed by atoms with van der Waals surface area (Å²) in [6.07, 6.45) is 4.52. The van der Waals surface area contributed by atoms with E-state index in [0.29, 0.717) is 28.4 Å². The van der Waals surface area contributed by atoms with Gasteiger partial charge in [-0.1, -0.05) is 11.6 Å². The molecular formula is C20H28ClN3O2. The molecule has 142 valence electrons. The number of ether oxygens (including phenoxy) is 1. The summed E-state index contributed by atoms with van der Waals surface area (Å²) in [5.41, 5.74) is 1.07. The first-order valence-electron chi connectivity index (χ1n) is 9.50. The number of rotatable bonds is 2. The summed E-state index contributed by atoms with van der Waals surface area (Å²) in [5.74, 6) is 0.561. The molecule has 6 heteroatoms. The van der Waals surface area contributed by atoms with Crippen LogP contribution in [0.2, 0.25) is 5.02 Å². The first-order valence-corrected chi connectivity index (χ1v) is 9.88. The zero-order valence-corrected chi connectivity index (χ0v) is 16.8. The van der Waals surface area contributed by atoms with Crippen LogP contribution in [0, 0.1) is 0 Å². The van der Waals surface area contributed by atoms with Gasteiger partial charge in [-0.2, -0.15) is 0 Å². The number of hydrogen-bond acceptors (Lipinski definition) is 4. The topological polar surface area (TPSA) is 44.8 Å². The summed E-state index contributed by atoms with van der Waals surface area (Å²) in [6.45, 7) is 4.83. The van der Waals surface area contributed by atoms with Gasteiger partial charge in [0.1, 0.15) is 5.60 Å². The average Bonchev–Trinajstić information content (AvgIpc) is 2.76. The fourth-order valence-electron chi connectivity index (χ4n) is 4.90. The van der Waals surface area contributed by atoms with E-state index in [9.17, 15) is 4.79 Å². The number of amides is 1. The van der Waals surface area contributed by atoms with Gasteiger partial charge in [-0.25, -0.2) is 0 Å². The van der Waals surface area contributed by atoms with E-state index in [1.165, 1.54) is 12.8 Å². The number of carbonyl (C=O) groups excluding carboxylic acids is 1. The minimum absolute atomic E-state index is 0.0798. The Morgan fingerprint density at radius 1 is 1.23 bits per heavy atom. The second-order valence-electron chi connectivity index (χ2n) is 8.71. The maximum atomic E-state index is 13.1. The first-order chi connectivity index (χ1) is 12.2. The lowest BCUT2D eigenvalue weighted by Crippen LogP contribution is -2.49. The van der Waals surface area contributed by atoms with E-state index in [0.717, 1.165) is 25.1 Å². The minimum atomic E-state index is -0.350. The van der Waals surface area contributed by atoms with Crippen molar-refractivity contribution in [1.29, 1.82) is 0 Å². The SMILES string of the molecule is CN1CC(C)(C)Oc2c(C(=O)NC3C[C@H]4CC[C@@H](C3)N4C)cc(Cl)cc21. The van der Waals surface area contributed by atoms with Crippen LogP contribution in [0.25, 0.3) is 0 Å². The molecule has 0 aromatic heterocycles. The van der Waals surface area contributed by atoms with Gasteiger partial charge in [-0.05, 0) is 58.7 Å². The second kappa shape index (κ2) is 6.31. The Hall–Kier alpha value is -1.46. The molecule has 26 heavy (non-hydrogen) atoms. The van der Waals surface area contributed by atoms with Gasteiger partial charge >= 0.3 is 0 Å². The van der Waals surface area contributed by atoms with E-state index >= 15 is 0 Å². The van der Waals surface area contributed by atoms with Crippen LogP contribution in [0.3, 0.4) is 0 Å². The smallest absolute Gasteiger partial charge is 0.255 e. The Bertz CT molecular complexity index is 722. The molecule has 2 saturated heterocycles. The molecule has 1 aromatic rings. The maximum absolute atomic E-state index is 13.1. The molecule has 2 bridgehead atoms. The number of nitrogens with zero attached hydrogens (tertiary/aromatic N) is 2. The summed E-state index contributed by atoms with van der Waals surface area (Å²) in [4.78, 5) is 17.7. The zero-order valence-electron chi connectivity index (χ0n) is 16.0. The number of fused-ring (bicyclic) bond motifs is 3. The number of piperidine rings is 1. The molecule has 2 fully saturated rings. The van der Waals surface area contributed by atoms with Crippen LogP contribution < -0.4 is 15.0 Å². The normalized spacial score (nSPS) is 29.9. The standard InChI is InChI=1S/C20H28ClN3O2/c1-20(2)11-23(3)17-8-12(21)7-16(18(17)26-20)19(25)22-13-9-14-5-6-15(10-13)24(14)4/h7-8,13-15H,5-6,9-11H2,1-4H3,(H,22,25)/t13?,14-,15+. The number of nitrogens with one attached hydrogen (secondary N) is 1. The van der Waals surface area contributed by atoms with Crippen molar-refractivity contribution in [2.24, 2.45) is 0 Å². The van der Waals surface area contributed by atoms with Crippen LogP contribution in [0.4, 0.5) is 5.69 Å². The molecule has 4 rings (SSSR count). The van der Waals surface area contributed by atoms with Crippen molar-refractivity contribution in [2.75, 3.05) is 25.5 Å². The van der Waals surface area contributed by atoms with Crippen molar-refractivity contribution in [3.05, 3.63) is 22.7 Å². The summed E-state index contributed by atoms with van der Waals surface area (Å²) < 4.78 is 6.19. The highest BCUT2D eigenvalue weighted by molar-refractivity contribution is 6.31. The zero-order chi connectivity index (χ0) is 18.6. The molecular weight excluding hydrogens is 350 g/mol. The number of likely N-dealkylation sites (N-methyl/N-ethyl adjacent to an activating group) is 1. The summed E-state index contributed by atoms with van der Waals surface area (Å²) in [6, 6.07) is 5.01. The molecule has 3 heterocycles. The first kappa shape index (κ1) is 17.9. The van der Waals surface area contributed by atoms with Gasteiger partial charge in [0, 0.05) is 30.2 Å². The van der Waals surface area contributed by atoms with Crippen molar-refractivity contribution < 1.29 is 9.53 Å². The Labute approximate surface area is 160 Å². The Balaban J connectivity index is 1.59. The van der Waals surface area contributed by atoms with Gasteiger partial charge in [0.15, 0.2) is 5.75 Å². The quantitative estimate of drug-likeness (QED) is 0.858. The number of carbonyl (C=O) groups is 1. The van der Waals surface area contributed by atoms with Crippen LogP contribution >= 0.6 is 11.6 Å². The van der Waals surface area contributed by atoms with Crippen molar-refractivity contribution >= 4 is 23.2 Å². The number of anilines is 1. The Morgan fingerprint density at radius 3 is 2.54 bits per heavy atom. The van der Waals surface area contributed by atoms with Crippen LogP contribution in [0.5, 0.6) is 5.75 Å². The van der Waals surface area contributed by atoms with Gasteiger partial charge in [-0.3, -0.25) is 4.79 Å². The molecule has 3 aliphatic heterocycles. The number of hydrogen-bond donors (Lipinski definition) is 1. The molecule has 0 saturated carbocycles. The van der Waals surface area contributed by atoms with E-state index in [1.807, 2.05) is 27.0 Å². The molecule has 1 N–H and O–H groups in total. The summed E-state index contributed by atoms with van der Waals surface area (Å²) in [5, 5.41) is 3.82. The minimum Gasteiger partial charge on any atom is -0.483 e. The predicted molar refractivity (Wildman–Crippen MR) is 104 cm³/mol. The van der Waals surface area contributed by atoms with E-state index in [2.05, 4.69) is 22.2 Å². The third-order valence-electron chi connectivity index (χ3n) is 6.12. The maximum Gasteiger partial charge on any atom is 0.255 e. The summed E-state index contributed by atoms with van der Waals surface area (Å²) >= 11 is 6.31. The highest BCUT2D eigenvalue weighted by atomic mass is 35.5. The highest BCUT2D eigenvalue weighted by Gasteiger charge is 2.39. The highest BCUT2D eigenvalue weighted by Crippen LogP contribution is 2.41. The lowest BCUT2D eigenvalue weighted by Gasteiger charge is -2.40. The molecule has 1 aromatic carbocycles. The number of benzene rings is 1. The van der Waals surface area contributed by atoms with Crippen molar-refractivity contribution in [3.8, 4) is 5.75 Å². The molecule has 0 radical (unpaired) electrons. The lowest BCUT2D eigenvalue weighted by atomic mass is 9.97. The lowest BCUT2D eigenvalue weighted by molar-refractivity contribution is 0.0847. The van der Waals surface area contributed by atoms with Crippen molar-refractivity contribution in [2.45, 2.75) is 63.3 Å². The molecule has 1 unspecified atom stereocenters. The molecule has 1 amide bonds. The Morgan fingerprint density at radius 2 is 1.88 bits per heavy atom. The monoisotopic (exact) mass is 377 g/mol. The molecule has 5 nitrogen and oxygen atoms in total. The van der Waals surface area contributed by atoms with Crippen LogP contribution in [0.15, 0.2) is 12.1 Å². The van der Waals surface area contributed by atoms with Gasteiger partial charge in [0.2, 0.25) is 0 Å². The van der Waals surface area contributed by atoms with E-state index < -0.39 is 0 Å². The fourth-order valence-corrected chi connectivity index (χ4v) is 5.11. The molecule has 3 aliphatic rings. The van der Waals surface area contributed by atoms with Gasteiger partial charge in [0.05, 0.1) is 17.8 Å².